The van der Waals surface area contributed by atoms with Crippen molar-refractivity contribution in [2.75, 3.05) is 6.61 Å². The number of aromatic nitrogens is 4. The molecule has 2 aromatic heterocycles. The molecular weight excluding hydrogens is 595 g/mol. The van der Waals surface area contributed by atoms with E-state index in [1.807, 2.05) is 42.5 Å². The summed E-state index contributed by atoms with van der Waals surface area (Å²) in [4.78, 5) is 25.5. The fourth-order valence-electron chi connectivity index (χ4n) is 5.30. The third-order valence-corrected chi connectivity index (χ3v) is 8.42. The van der Waals surface area contributed by atoms with Crippen LogP contribution in [0.25, 0.3) is 11.2 Å². The van der Waals surface area contributed by atoms with E-state index in [1.54, 1.807) is 19.1 Å². The van der Waals surface area contributed by atoms with Gasteiger partial charge in [-0.15, -0.1) is 6.42 Å². The summed E-state index contributed by atoms with van der Waals surface area (Å²) in [6.45, 7) is 1.29. The zero-order chi connectivity index (χ0) is 30.8. The largest absolute Gasteiger partial charge is 0.479 e. The average Bonchev–Trinajstić information content (AvgIpc) is 3.53. The number of hydrogen-bond donors (Lipinski definition) is 3. The van der Waals surface area contributed by atoms with E-state index in [1.165, 1.54) is 10.9 Å². The Morgan fingerprint density at radius 1 is 1.16 bits per heavy atom. The number of imidazole rings is 1. The van der Waals surface area contributed by atoms with Crippen LogP contribution in [0.3, 0.4) is 0 Å². The number of ether oxygens (including phenoxy) is 2. The van der Waals surface area contributed by atoms with Crippen molar-refractivity contribution in [1.29, 1.82) is 0 Å². The summed E-state index contributed by atoms with van der Waals surface area (Å²) in [6, 6.07) is 16.5. The first-order valence-electron chi connectivity index (χ1n) is 13.7. The minimum atomic E-state index is -2.21. The summed E-state index contributed by atoms with van der Waals surface area (Å²) in [5, 5.41) is 33.3. The number of hydrogen-bond acceptors (Lipinski definition) is 8. The molecule has 0 radical (unpaired) electrons. The smallest absolute Gasteiger partial charge is 0.336 e. The lowest BCUT2D eigenvalue weighted by Crippen LogP contribution is -2.51. The van der Waals surface area contributed by atoms with Crippen LogP contribution in [-0.4, -0.2) is 70.8 Å². The van der Waals surface area contributed by atoms with Gasteiger partial charge in [0.1, 0.15) is 17.7 Å². The van der Waals surface area contributed by atoms with E-state index in [4.69, 9.17) is 39.1 Å². The standard InChI is InChI=1S/C31H30Cl2N4O6/c1-3-30(28(39)40,16-19-10-6-5-7-11-19)42-17-23-31(41,4-2)25(38)27(43-23)37-18-34-24-22(35-29(33)36-26(24)37)15-14-20-12-8-9-13-21(20)32/h2,5-13,18,23,25,27,38,41H,3,14-17H2,1H3,(H,39,40)/t23-,25+,27-,30?,31-/m1/s1. The number of aryl methyl sites for hydroxylation is 2. The fourth-order valence-corrected chi connectivity index (χ4v) is 5.72. The molecule has 2 aromatic carbocycles. The molecule has 1 saturated heterocycles. The number of fused-ring (bicyclic) bond motifs is 1. The van der Waals surface area contributed by atoms with Crippen molar-refractivity contribution in [1.82, 2.24) is 19.5 Å². The van der Waals surface area contributed by atoms with Gasteiger partial charge in [0.2, 0.25) is 5.28 Å². The molecule has 1 aliphatic heterocycles. The van der Waals surface area contributed by atoms with Crippen LogP contribution in [0.15, 0.2) is 60.9 Å². The van der Waals surface area contributed by atoms with Crippen molar-refractivity contribution < 1.29 is 29.6 Å². The molecule has 5 atom stereocenters. The zero-order valence-electron chi connectivity index (χ0n) is 23.2. The fraction of sp³-hybridized carbons (Fsp3) is 0.355. The molecule has 1 fully saturated rings. The molecule has 10 nitrogen and oxygen atoms in total. The maximum Gasteiger partial charge on any atom is 0.336 e. The van der Waals surface area contributed by atoms with Gasteiger partial charge in [-0.05, 0) is 48.1 Å². The third kappa shape index (κ3) is 5.97. The van der Waals surface area contributed by atoms with Gasteiger partial charge in [0.15, 0.2) is 23.1 Å². The first kappa shape index (κ1) is 30.9. The number of carboxylic acids is 1. The second kappa shape index (κ2) is 12.6. The van der Waals surface area contributed by atoms with Gasteiger partial charge in [0, 0.05) is 11.4 Å². The van der Waals surface area contributed by atoms with E-state index in [2.05, 4.69) is 20.9 Å². The molecule has 3 heterocycles. The number of rotatable bonds is 11. The predicted molar refractivity (Wildman–Crippen MR) is 160 cm³/mol. The number of nitrogens with zero attached hydrogens (tertiary/aromatic N) is 4. The van der Waals surface area contributed by atoms with Gasteiger partial charge < -0.3 is 24.8 Å². The summed E-state index contributed by atoms with van der Waals surface area (Å²) in [6.07, 6.45) is 4.15. The molecule has 43 heavy (non-hydrogen) atoms. The topological polar surface area (TPSA) is 140 Å². The number of carbonyl (C=O) groups is 1. The molecule has 0 saturated carbocycles. The highest BCUT2D eigenvalue weighted by Crippen LogP contribution is 2.39. The lowest BCUT2D eigenvalue weighted by atomic mass is 9.90. The van der Waals surface area contributed by atoms with Crippen molar-refractivity contribution in [3.05, 3.63) is 88.1 Å². The summed E-state index contributed by atoms with van der Waals surface area (Å²) in [5.74, 6) is 1.06. The van der Waals surface area contributed by atoms with Gasteiger partial charge >= 0.3 is 5.97 Å². The number of terminal acetylenes is 1. The molecule has 12 heteroatoms. The van der Waals surface area contributed by atoms with Crippen molar-refractivity contribution in [2.24, 2.45) is 0 Å². The molecular formula is C31H30Cl2N4O6. The Kier molecular flexibility index (Phi) is 9.04. The van der Waals surface area contributed by atoms with Gasteiger partial charge in [-0.25, -0.2) is 14.8 Å². The van der Waals surface area contributed by atoms with E-state index >= 15 is 0 Å². The van der Waals surface area contributed by atoms with Gasteiger partial charge in [-0.3, -0.25) is 4.57 Å². The molecule has 4 aromatic rings. The highest BCUT2D eigenvalue weighted by Gasteiger charge is 2.56. The van der Waals surface area contributed by atoms with E-state index in [0.717, 1.165) is 11.1 Å². The third-order valence-electron chi connectivity index (χ3n) is 7.88. The van der Waals surface area contributed by atoms with Crippen molar-refractivity contribution >= 4 is 40.3 Å². The summed E-state index contributed by atoms with van der Waals surface area (Å²) in [7, 11) is 0. The number of aliphatic hydroxyl groups is 2. The SMILES string of the molecule is C#C[C@@]1(O)[C@@H](COC(CC)(Cc2ccccc2)C(=O)O)O[C@@H](n2cnc3c(CCc4ccccc4Cl)nc(Cl)nc32)[C@@H]1O. The van der Waals surface area contributed by atoms with Crippen LogP contribution in [0.1, 0.15) is 36.4 Å². The maximum absolute atomic E-state index is 12.4. The number of halogens is 2. The Labute approximate surface area is 258 Å². The normalized spacial score (nSPS) is 23.2. The number of benzene rings is 2. The zero-order valence-corrected chi connectivity index (χ0v) is 24.7. The lowest BCUT2D eigenvalue weighted by molar-refractivity contribution is -0.176. The molecule has 1 aliphatic rings. The second-order valence-corrected chi connectivity index (χ2v) is 11.2. The van der Waals surface area contributed by atoms with Gasteiger partial charge in [0.05, 0.1) is 18.6 Å². The molecule has 0 spiro atoms. The minimum Gasteiger partial charge on any atom is -0.479 e. The van der Waals surface area contributed by atoms with E-state index < -0.39 is 42.2 Å². The van der Waals surface area contributed by atoms with E-state index in [9.17, 15) is 20.1 Å². The molecule has 224 valence electrons. The van der Waals surface area contributed by atoms with Crippen LogP contribution in [0.2, 0.25) is 10.3 Å². The Bertz CT molecular complexity index is 1660. The first-order chi connectivity index (χ1) is 20.6. The lowest BCUT2D eigenvalue weighted by Gasteiger charge is -2.32. The summed E-state index contributed by atoms with van der Waals surface area (Å²) < 4.78 is 13.5. The van der Waals surface area contributed by atoms with Crippen LogP contribution in [0.5, 0.6) is 0 Å². The van der Waals surface area contributed by atoms with Crippen LogP contribution >= 0.6 is 23.2 Å². The van der Waals surface area contributed by atoms with E-state index in [-0.39, 0.29) is 23.8 Å². The van der Waals surface area contributed by atoms with Gasteiger partial charge in [-0.1, -0.05) is 73.0 Å². The van der Waals surface area contributed by atoms with Crippen molar-refractivity contribution in [3.8, 4) is 12.3 Å². The van der Waals surface area contributed by atoms with Gasteiger partial charge in [0.25, 0.3) is 0 Å². The average molecular weight is 626 g/mol. The van der Waals surface area contributed by atoms with Crippen molar-refractivity contribution in [2.45, 2.75) is 62.2 Å². The summed E-state index contributed by atoms with van der Waals surface area (Å²) in [5.41, 5.74) is -0.900. The molecule has 0 bridgehead atoms. The Hall–Kier alpha value is -3.56. The molecule has 0 amide bonds. The summed E-state index contributed by atoms with van der Waals surface area (Å²) >= 11 is 12.6. The minimum absolute atomic E-state index is 0.0434. The van der Waals surface area contributed by atoms with Crippen LogP contribution in [0.4, 0.5) is 0 Å². The quantitative estimate of drug-likeness (QED) is 0.167. The van der Waals surface area contributed by atoms with E-state index in [0.29, 0.717) is 29.1 Å². The Balaban J connectivity index is 1.41. The monoisotopic (exact) mass is 624 g/mol. The number of aliphatic carboxylic acids is 1. The molecule has 3 N–H and O–H groups in total. The Morgan fingerprint density at radius 2 is 1.88 bits per heavy atom. The molecule has 1 unspecified atom stereocenters. The first-order valence-corrected chi connectivity index (χ1v) is 14.4. The van der Waals surface area contributed by atoms with Gasteiger partial charge in [-0.2, -0.15) is 4.98 Å². The highest BCUT2D eigenvalue weighted by molar-refractivity contribution is 6.31. The molecule has 0 aliphatic carbocycles. The number of carboxylic acid groups (broad SMARTS) is 1. The molecule has 5 rings (SSSR count). The Morgan fingerprint density at radius 3 is 2.56 bits per heavy atom. The second-order valence-electron chi connectivity index (χ2n) is 10.4. The van der Waals surface area contributed by atoms with Crippen LogP contribution < -0.4 is 0 Å². The predicted octanol–water partition coefficient (Wildman–Crippen LogP) is 4.03. The van der Waals surface area contributed by atoms with Crippen molar-refractivity contribution in [3.63, 3.8) is 0 Å². The van der Waals surface area contributed by atoms with Crippen LogP contribution in [0, 0.1) is 12.3 Å². The highest BCUT2D eigenvalue weighted by atomic mass is 35.5. The number of aliphatic hydroxyl groups excluding tert-OH is 1. The van der Waals surface area contributed by atoms with Crippen LogP contribution in [-0.2, 0) is 33.5 Å². The maximum atomic E-state index is 12.4.